The summed E-state index contributed by atoms with van der Waals surface area (Å²) in [7, 11) is 0. The summed E-state index contributed by atoms with van der Waals surface area (Å²) in [5, 5.41) is 3.69. The first-order valence-electron chi connectivity index (χ1n) is 7.18. The molecule has 0 aromatic carbocycles. The first kappa shape index (κ1) is 14.9. The summed E-state index contributed by atoms with van der Waals surface area (Å²) in [5.41, 5.74) is 0.273. The SMILES string of the molecule is CCCOCCN1CC(C)(CC)NCCC1C. The van der Waals surface area contributed by atoms with Crippen molar-refractivity contribution < 1.29 is 4.74 Å². The number of hydrogen-bond donors (Lipinski definition) is 1. The highest BCUT2D eigenvalue weighted by Gasteiger charge is 2.29. The molecule has 0 spiro atoms. The number of nitrogens with zero attached hydrogens (tertiary/aromatic N) is 1. The highest BCUT2D eigenvalue weighted by Crippen LogP contribution is 2.18. The van der Waals surface area contributed by atoms with Crippen molar-refractivity contribution in [2.24, 2.45) is 0 Å². The van der Waals surface area contributed by atoms with E-state index in [0.29, 0.717) is 6.04 Å². The Kier molecular flexibility index (Phi) is 6.45. The zero-order chi connectivity index (χ0) is 12.7. The topological polar surface area (TPSA) is 24.5 Å². The predicted octanol–water partition coefficient (Wildman–Crippen LogP) is 2.27. The molecule has 1 aliphatic rings. The van der Waals surface area contributed by atoms with Crippen LogP contribution in [0.15, 0.2) is 0 Å². The minimum atomic E-state index is 0.273. The van der Waals surface area contributed by atoms with Gasteiger partial charge in [0.15, 0.2) is 0 Å². The van der Waals surface area contributed by atoms with Gasteiger partial charge in [0.1, 0.15) is 0 Å². The summed E-state index contributed by atoms with van der Waals surface area (Å²) in [4.78, 5) is 2.58. The van der Waals surface area contributed by atoms with Gasteiger partial charge in [-0.15, -0.1) is 0 Å². The minimum Gasteiger partial charge on any atom is -0.380 e. The standard InChI is InChI=1S/C14H30N2O/c1-5-10-17-11-9-16-12-14(4,6-2)15-8-7-13(16)3/h13,15H,5-12H2,1-4H3. The van der Waals surface area contributed by atoms with Crippen LogP contribution >= 0.6 is 0 Å². The van der Waals surface area contributed by atoms with Gasteiger partial charge in [-0.05, 0) is 39.7 Å². The van der Waals surface area contributed by atoms with Crippen LogP contribution in [0.1, 0.15) is 47.0 Å². The smallest absolute Gasteiger partial charge is 0.0593 e. The average Bonchev–Trinajstić information content (AvgIpc) is 2.46. The minimum absolute atomic E-state index is 0.273. The van der Waals surface area contributed by atoms with E-state index in [9.17, 15) is 0 Å². The molecular formula is C14H30N2O. The lowest BCUT2D eigenvalue weighted by molar-refractivity contribution is 0.0817. The zero-order valence-electron chi connectivity index (χ0n) is 12.1. The maximum atomic E-state index is 5.61. The van der Waals surface area contributed by atoms with Crippen LogP contribution in [0.2, 0.25) is 0 Å². The highest BCUT2D eigenvalue weighted by atomic mass is 16.5. The van der Waals surface area contributed by atoms with E-state index < -0.39 is 0 Å². The van der Waals surface area contributed by atoms with Crippen LogP contribution in [0, 0.1) is 0 Å². The number of hydrogen-bond acceptors (Lipinski definition) is 3. The Morgan fingerprint density at radius 2 is 2.12 bits per heavy atom. The zero-order valence-corrected chi connectivity index (χ0v) is 12.1. The van der Waals surface area contributed by atoms with Crippen molar-refractivity contribution in [3.8, 4) is 0 Å². The Morgan fingerprint density at radius 1 is 1.35 bits per heavy atom. The molecule has 2 unspecified atom stereocenters. The molecule has 17 heavy (non-hydrogen) atoms. The van der Waals surface area contributed by atoms with Crippen LogP contribution in [0.3, 0.4) is 0 Å². The van der Waals surface area contributed by atoms with Crippen molar-refractivity contribution in [1.82, 2.24) is 10.2 Å². The lowest BCUT2D eigenvalue weighted by atomic mass is 9.98. The molecular weight excluding hydrogens is 212 g/mol. The van der Waals surface area contributed by atoms with E-state index >= 15 is 0 Å². The van der Waals surface area contributed by atoms with Crippen LogP contribution in [-0.2, 0) is 4.74 Å². The summed E-state index contributed by atoms with van der Waals surface area (Å²) in [5.74, 6) is 0. The molecule has 0 bridgehead atoms. The van der Waals surface area contributed by atoms with E-state index in [1.54, 1.807) is 0 Å². The van der Waals surface area contributed by atoms with E-state index in [4.69, 9.17) is 4.74 Å². The maximum absolute atomic E-state index is 5.61. The van der Waals surface area contributed by atoms with Crippen molar-refractivity contribution in [3.63, 3.8) is 0 Å². The number of rotatable bonds is 6. The van der Waals surface area contributed by atoms with Gasteiger partial charge in [0.05, 0.1) is 6.61 Å². The van der Waals surface area contributed by atoms with Gasteiger partial charge in [-0.3, -0.25) is 4.90 Å². The van der Waals surface area contributed by atoms with Gasteiger partial charge in [-0.25, -0.2) is 0 Å². The average molecular weight is 242 g/mol. The largest absolute Gasteiger partial charge is 0.380 e. The molecule has 3 heteroatoms. The van der Waals surface area contributed by atoms with Gasteiger partial charge in [0, 0.05) is 31.3 Å². The highest BCUT2D eigenvalue weighted by molar-refractivity contribution is 4.90. The molecule has 1 heterocycles. The van der Waals surface area contributed by atoms with Crippen LogP contribution in [0.25, 0.3) is 0 Å². The van der Waals surface area contributed by atoms with E-state index in [-0.39, 0.29) is 5.54 Å². The molecule has 0 radical (unpaired) electrons. The molecule has 102 valence electrons. The van der Waals surface area contributed by atoms with Gasteiger partial charge < -0.3 is 10.1 Å². The van der Waals surface area contributed by atoms with Crippen LogP contribution < -0.4 is 5.32 Å². The van der Waals surface area contributed by atoms with Gasteiger partial charge in [-0.2, -0.15) is 0 Å². The fourth-order valence-electron chi connectivity index (χ4n) is 2.39. The second kappa shape index (κ2) is 7.34. The number of nitrogens with one attached hydrogen (secondary N) is 1. The second-order valence-corrected chi connectivity index (χ2v) is 5.56. The van der Waals surface area contributed by atoms with Gasteiger partial charge in [-0.1, -0.05) is 13.8 Å². The molecule has 1 rings (SSSR count). The van der Waals surface area contributed by atoms with Crippen molar-refractivity contribution in [2.75, 3.05) is 32.8 Å². The van der Waals surface area contributed by atoms with E-state index in [0.717, 1.165) is 39.3 Å². The Labute approximate surface area is 107 Å². The fourth-order valence-corrected chi connectivity index (χ4v) is 2.39. The second-order valence-electron chi connectivity index (χ2n) is 5.56. The van der Waals surface area contributed by atoms with E-state index in [2.05, 4.69) is 37.9 Å². The molecule has 0 saturated carbocycles. The van der Waals surface area contributed by atoms with Crippen molar-refractivity contribution in [2.45, 2.75) is 58.5 Å². The Hall–Kier alpha value is -0.120. The first-order chi connectivity index (χ1) is 8.11. The first-order valence-corrected chi connectivity index (χ1v) is 7.18. The van der Waals surface area contributed by atoms with Gasteiger partial charge >= 0.3 is 0 Å². The normalized spacial score (nSPS) is 31.4. The third-order valence-corrected chi connectivity index (χ3v) is 3.94. The third-order valence-electron chi connectivity index (χ3n) is 3.94. The monoisotopic (exact) mass is 242 g/mol. The Balaban J connectivity index is 2.42. The summed E-state index contributed by atoms with van der Waals surface area (Å²) in [6.45, 7) is 14.2. The number of ether oxygens (including phenoxy) is 1. The van der Waals surface area contributed by atoms with Crippen molar-refractivity contribution >= 4 is 0 Å². The Bertz CT molecular complexity index is 210. The molecule has 3 nitrogen and oxygen atoms in total. The maximum Gasteiger partial charge on any atom is 0.0593 e. The lowest BCUT2D eigenvalue weighted by Crippen LogP contribution is -2.50. The van der Waals surface area contributed by atoms with E-state index in [1.807, 2.05) is 0 Å². The summed E-state index contributed by atoms with van der Waals surface area (Å²) < 4.78 is 5.61. The van der Waals surface area contributed by atoms with Crippen molar-refractivity contribution in [3.05, 3.63) is 0 Å². The van der Waals surface area contributed by atoms with Crippen LogP contribution in [0.4, 0.5) is 0 Å². The fraction of sp³-hybridized carbons (Fsp3) is 1.00. The summed E-state index contributed by atoms with van der Waals surface area (Å²) >= 11 is 0. The van der Waals surface area contributed by atoms with Crippen molar-refractivity contribution in [1.29, 1.82) is 0 Å². The quantitative estimate of drug-likeness (QED) is 0.723. The molecule has 0 aliphatic carbocycles. The molecule has 1 fully saturated rings. The van der Waals surface area contributed by atoms with Gasteiger partial charge in [0.2, 0.25) is 0 Å². The molecule has 0 aromatic heterocycles. The lowest BCUT2D eigenvalue weighted by Gasteiger charge is -2.34. The molecule has 0 aromatic rings. The van der Waals surface area contributed by atoms with Crippen LogP contribution in [-0.4, -0.2) is 49.3 Å². The predicted molar refractivity (Wildman–Crippen MR) is 73.5 cm³/mol. The molecule has 1 N–H and O–H groups in total. The molecule has 0 amide bonds. The molecule has 2 atom stereocenters. The summed E-state index contributed by atoms with van der Waals surface area (Å²) in [6.07, 6.45) is 3.54. The summed E-state index contributed by atoms with van der Waals surface area (Å²) in [6, 6.07) is 0.668. The third kappa shape index (κ3) is 4.94. The molecule has 1 saturated heterocycles. The van der Waals surface area contributed by atoms with E-state index in [1.165, 1.54) is 12.8 Å². The Morgan fingerprint density at radius 3 is 2.76 bits per heavy atom. The van der Waals surface area contributed by atoms with Gasteiger partial charge in [0.25, 0.3) is 0 Å². The van der Waals surface area contributed by atoms with Crippen LogP contribution in [0.5, 0.6) is 0 Å². The molecule has 1 aliphatic heterocycles.